The Bertz CT molecular complexity index is 2120. The lowest BCUT2D eigenvalue weighted by Crippen LogP contribution is -2.51. The van der Waals surface area contributed by atoms with Crippen molar-refractivity contribution in [3.05, 3.63) is 108 Å². The topological polar surface area (TPSA) is 226 Å². The van der Waals surface area contributed by atoms with E-state index in [9.17, 15) is 24.6 Å². The highest BCUT2D eigenvalue weighted by Crippen LogP contribution is 2.33. The van der Waals surface area contributed by atoms with Crippen LogP contribution in [0.15, 0.2) is 91.4 Å². The lowest BCUT2D eigenvalue weighted by molar-refractivity contribution is -0.137. The fraction of sp³-hybridized carbons (Fsp3) is 0.375. The molecule has 7 rings (SSSR count). The minimum Gasteiger partial charge on any atom is -0.387 e. The molecule has 0 spiro atoms. The number of urea groups is 1. The van der Waals surface area contributed by atoms with Crippen LogP contribution in [0, 0.1) is 0 Å². The number of amides is 4. The number of nitrogens with two attached hydrogens (primary N) is 1. The van der Waals surface area contributed by atoms with E-state index in [-0.39, 0.29) is 61.3 Å². The van der Waals surface area contributed by atoms with Gasteiger partial charge in [-0.15, -0.1) is 0 Å². The van der Waals surface area contributed by atoms with Crippen LogP contribution in [0.3, 0.4) is 0 Å². The summed E-state index contributed by atoms with van der Waals surface area (Å²) in [6.07, 6.45) is -1.46. The maximum absolute atomic E-state index is 13.8. The molecule has 0 bridgehead atoms. The molecule has 298 valence electrons. The number of rotatable bonds is 14. The molecule has 5 heterocycles. The van der Waals surface area contributed by atoms with Gasteiger partial charge in [-0.2, -0.15) is 0 Å². The average molecular weight is 779 g/mol. The highest BCUT2D eigenvalue weighted by Gasteiger charge is 2.47. The van der Waals surface area contributed by atoms with E-state index >= 15 is 0 Å². The maximum Gasteiger partial charge on any atom is 0.315 e. The molecule has 0 saturated carbocycles. The minimum absolute atomic E-state index is 0.0380. The second kappa shape index (κ2) is 17.7. The number of aliphatic hydroxyl groups excluding tert-OH is 2. The van der Waals surface area contributed by atoms with Gasteiger partial charge in [-0.25, -0.2) is 24.7 Å². The third-order valence-electron chi connectivity index (χ3n) is 10.4. The number of imidazole rings is 1. The molecule has 2 aliphatic rings. The van der Waals surface area contributed by atoms with Crippen molar-refractivity contribution < 1.29 is 30.7 Å². The number of benzene rings is 2. The van der Waals surface area contributed by atoms with Gasteiger partial charge in [0.25, 0.3) is 11.8 Å². The Labute approximate surface area is 330 Å². The minimum atomic E-state index is -1.59. The van der Waals surface area contributed by atoms with E-state index in [4.69, 9.17) is 11.8 Å². The number of pyridine rings is 1. The van der Waals surface area contributed by atoms with Crippen LogP contribution in [0.4, 0.5) is 16.4 Å². The summed E-state index contributed by atoms with van der Waals surface area (Å²) in [5.41, 5.74) is 8.26. The third-order valence-corrected chi connectivity index (χ3v) is 10.4. The van der Waals surface area contributed by atoms with Crippen LogP contribution in [-0.2, 0) is 9.53 Å². The largest absolute Gasteiger partial charge is 0.387 e. The van der Waals surface area contributed by atoms with Crippen molar-refractivity contribution in [3.8, 4) is 0 Å². The van der Waals surface area contributed by atoms with Gasteiger partial charge in [0, 0.05) is 58.8 Å². The van der Waals surface area contributed by atoms with Gasteiger partial charge >= 0.3 is 6.03 Å². The number of piperidine rings is 1. The number of aliphatic hydroxyl groups is 2. The molecule has 1 unspecified atom stereocenters. The molecule has 2 saturated heterocycles. The summed E-state index contributed by atoms with van der Waals surface area (Å²) < 4.78 is 14.6. The van der Waals surface area contributed by atoms with E-state index < -0.39 is 42.4 Å². The first kappa shape index (κ1) is 37.7. The molecule has 5 aromatic rings. The highest BCUT2D eigenvalue weighted by molar-refractivity contribution is 5.94. The standard InChI is InChI=1S/C40H47N11O6/c1-2-42-37(54)33-31(52)32(53)39(57-33)51-24-46-30-34(45-23-28(25-11-5-3-6-12-25)26-13-7-4-8-14-26)47-35(48-36(30)51)38(55)44-19-22-50(40(41)56)27-16-20-49(21-17-27)29-15-9-10-18-43-29/h3-15,18,24,27-28,31-33,39,52-53H,2,16-17,19-23H2,1H3,(H2,41,56)(H,42,54)(H,44,55)(H,45,47,48)/t31-,32+,33-,39?/m0/s1/i1D. The van der Waals surface area contributed by atoms with Crippen LogP contribution >= 0.6 is 0 Å². The van der Waals surface area contributed by atoms with Gasteiger partial charge < -0.3 is 46.4 Å². The molecule has 2 aromatic carbocycles. The van der Waals surface area contributed by atoms with Gasteiger partial charge in [-0.05, 0) is 43.0 Å². The third kappa shape index (κ3) is 8.65. The fourth-order valence-corrected chi connectivity index (χ4v) is 7.44. The zero-order valence-corrected chi connectivity index (χ0v) is 31.2. The number of carbonyl (C=O) groups excluding carboxylic acids is 3. The Morgan fingerprint density at radius 3 is 2.30 bits per heavy atom. The Hall–Kier alpha value is -6.17. The molecule has 7 N–H and O–H groups in total. The molecular formula is C40H47N11O6. The van der Waals surface area contributed by atoms with Crippen molar-refractivity contribution in [1.82, 2.24) is 40.0 Å². The fourth-order valence-electron chi connectivity index (χ4n) is 7.44. The number of carbonyl (C=O) groups is 3. The predicted octanol–water partition coefficient (Wildman–Crippen LogP) is 2.00. The summed E-state index contributed by atoms with van der Waals surface area (Å²) in [7, 11) is 0. The molecule has 2 fully saturated rings. The monoisotopic (exact) mass is 778 g/mol. The number of nitrogens with one attached hydrogen (secondary N) is 3. The number of ether oxygens (including phenoxy) is 1. The molecule has 17 heteroatoms. The number of nitrogens with zero attached hydrogens (tertiary/aromatic N) is 7. The second-order valence-corrected chi connectivity index (χ2v) is 13.9. The molecule has 3 aromatic heterocycles. The van der Waals surface area contributed by atoms with Crippen LogP contribution < -0.4 is 26.6 Å². The zero-order chi connectivity index (χ0) is 40.6. The van der Waals surface area contributed by atoms with E-state index in [1.165, 1.54) is 10.9 Å². The maximum atomic E-state index is 13.8. The highest BCUT2D eigenvalue weighted by atomic mass is 16.6. The Morgan fingerprint density at radius 2 is 1.65 bits per heavy atom. The normalized spacial score (nSPS) is 20.0. The van der Waals surface area contributed by atoms with E-state index in [2.05, 4.69) is 40.8 Å². The van der Waals surface area contributed by atoms with Gasteiger partial charge in [0.05, 0.1) is 6.33 Å². The van der Waals surface area contributed by atoms with Crippen molar-refractivity contribution in [2.75, 3.05) is 49.5 Å². The number of fused-ring (bicyclic) bond motifs is 1. The van der Waals surface area contributed by atoms with Crippen LogP contribution in [-0.4, -0.2) is 121 Å². The quantitative estimate of drug-likeness (QED) is 0.0953. The summed E-state index contributed by atoms with van der Waals surface area (Å²) in [5.74, 6) is -0.588. The van der Waals surface area contributed by atoms with Crippen molar-refractivity contribution in [3.63, 3.8) is 0 Å². The number of likely N-dealkylation sites (N-methyl/N-ethyl adjacent to an activating group) is 1. The lowest BCUT2D eigenvalue weighted by Gasteiger charge is -2.38. The molecule has 57 heavy (non-hydrogen) atoms. The average Bonchev–Trinajstić information content (AvgIpc) is 3.82. The van der Waals surface area contributed by atoms with Crippen molar-refractivity contribution in [2.45, 2.75) is 56.2 Å². The molecule has 0 aliphatic carbocycles. The van der Waals surface area contributed by atoms with Gasteiger partial charge in [0.1, 0.15) is 18.0 Å². The Kier molecular flexibility index (Phi) is 11.7. The lowest BCUT2D eigenvalue weighted by atomic mass is 9.91. The number of aromatic nitrogens is 5. The number of hydrogen-bond donors (Lipinski definition) is 6. The van der Waals surface area contributed by atoms with Crippen LogP contribution in [0.1, 0.15) is 55.0 Å². The molecule has 0 radical (unpaired) electrons. The summed E-state index contributed by atoms with van der Waals surface area (Å²) in [6, 6.07) is 24.9. The predicted molar refractivity (Wildman–Crippen MR) is 211 cm³/mol. The molecule has 17 nitrogen and oxygen atoms in total. The second-order valence-electron chi connectivity index (χ2n) is 13.9. The number of hydrogen-bond acceptors (Lipinski definition) is 12. The molecule has 2 aliphatic heterocycles. The van der Waals surface area contributed by atoms with Gasteiger partial charge in [0.2, 0.25) is 5.82 Å². The van der Waals surface area contributed by atoms with E-state index in [1.54, 1.807) is 11.1 Å². The SMILES string of the molecule is [2H]CCNC(=O)[C@H]1OC(n2cnc3c(NCC(c4ccccc4)c4ccccc4)nc(C(=O)NCCN(C(N)=O)C4CCN(c5ccccn5)CC4)nc32)[C@H](O)[C@@H]1O. The first-order valence-electron chi connectivity index (χ1n) is 19.6. The van der Waals surface area contributed by atoms with E-state index in [0.717, 1.165) is 16.9 Å². The first-order valence-corrected chi connectivity index (χ1v) is 18.9. The van der Waals surface area contributed by atoms with E-state index in [1.807, 2.05) is 78.9 Å². The Balaban J connectivity index is 1.13. The smallest absolute Gasteiger partial charge is 0.315 e. The van der Waals surface area contributed by atoms with Gasteiger partial charge in [-0.1, -0.05) is 66.7 Å². The number of primary amides is 1. The van der Waals surface area contributed by atoms with Crippen LogP contribution in [0.25, 0.3) is 11.2 Å². The number of anilines is 2. The molecule has 4 atom stereocenters. The first-order chi connectivity index (χ1) is 28.2. The van der Waals surface area contributed by atoms with Crippen molar-refractivity contribution >= 4 is 40.6 Å². The van der Waals surface area contributed by atoms with Crippen LogP contribution in [0.5, 0.6) is 0 Å². The van der Waals surface area contributed by atoms with Crippen molar-refractivity contribution in [1.29, 1.82) is 0 Å². The van der Waals surface area contributed by atoms with E-state index in [0.29, 0.717) is 32.5 Å². The van der Waals surface area contributed by atoms with Crippen LogP contribution in [0.2, 0.25) is 0 Å². The summed E-state index contributed by atoms with van der Waals surface area (Å²) in [6.45, 7) is 1.90. The summed E-state index contributed by atoms with van der Waals surface area (Å²) in [4.78, 5) is 61.0. The zero-order valence-electron chi connectivity index (χ0n) is 32.2. The molecular weight excluding hydrogens is 731 g/mol. The van der Waals surface area contributed by atoms with Crippen molar-refractivity contribution in [2.24, 2.45) is 5.73 Å². The molecule has 4 amide bonds. The van der Waals surface area contributed by atoms with Gasteiger partial charge in [0.15, 0.2) is 29.3 Å². The summed E-state index contributed by atoms with van der Waals surface area (Å²) in [5, 5.41) is 30.6. The van der Waals surface area contributed by atoms with Gasteiger partial charge in [-0.3, -0.25) is 14.2 Å². The Morgan fingerprint density at radius 1 is 0.947 bits per heavy atom. The summed E-state index contributed by atoms with van der Waals surface area (Å²) >= 11 is 0.